The molecule has 3 rings (SSSR count). The zero-order valence-electron chi connectivity index (χ0n) is 18.2. The Hall–Kier alpha value is -2.57. The average Bonchev–Trinajstić information content (AvgIpc) is 2.73. The highest BCUT2D eigenvalue weighted by Gasteiger charge is 2.32. The van der Waals surface area contributed by atoms with Gasteiger partial charge in [0.05, 0.1) is 12.6 Å². The zero-order chi connectivity index (χ0) is 22.5. The molecule has 1 aliphatic rings. The summed E-state index contributed by atoms with van der Waals surface area (Å²) in [7, 11) is 0. The summed E-state index contributed by atoms with van der Waals surface area (Å²) >= 11 is 11.5. The number of carbonyl (C=O) groups excluding carboxylic acids is 1. The molecule has 0 amide bonds. The molecule has 2 aromatic rings. The van der Waals surface area contributed by atoms with Crippen LogP contribution in [0.25, 0.3) is 0 Å². The maximum Gasteiger partial charge on any atom is 0.173 e. The monoisotopic (exact) mass is 458 g/mol. The van der Waals surface area contributed by atoms with Gasteiger partial charge in [-0.05, 0) is 75.3 Å². The third-order valence-electron chi connectivity index (χ3n) is 5.20. The SMILES string of the molecule is CCOc1cc(C2NC(=S)N(CC)C(C)=C2C(C)=O)ccc1OCc1ccc(Cl)cc1. The van der Waals surface area contributed by atoms with Crippen molar-refractivity contribution in [2.45, 2.75) is 40.3 Å². The van der Waals surface area contributed by atoms with Crippen molar-refractivity contribution in [3.05, 3.63) is 69.9 Å². The van der Waals surface area contributed by atoms with Crippen LogP contribution in [0.3, 0.4) is 0 Å². The van der Waals surface area contributed by atoms with Gasteiger partial charge >= 0.3 is 0 Å². The van der Waals surface area contributed by atoms with Crippen molar-refractivity contribution in [3.63, 3.8) is 0 Å². The van der Waals surface area contributed by atoms with Gasteiger partial charge in [0.25, 0.3) is 0 Å². The first kappa shape index (κ1) is 23.1. The zero-order valence-corrected chi connectivity index (χ0v) is 19.8. The number of hydrogen-bond acceptors (Lipinski definition) is 4. The van der Waals surface area contributed by atoms with Crippen LogP contribution in [0, 0.1) is 0 Å². The van der Waals surface area contributed by atoms with Crippen LogP contribution in [-0.2, 0) is 11.4 Å². The van der Waals surface area contributed by atoms with E-state index < -0.39 is 0 Å². The Morgan fingerprint density at radius 3 is 2.45 bits per heavy atom. The van der Waals surface area contributed by atoms with Crippen LogP contribution in [0.1, 0.15) is 44.9 Å². The highest BCUT2D eigenvalue weighted by atomic mass is 35.5. The first-order valence-electron chi connectivity index (χ1n) is 10.3. The maximum absolute atomic E-state index is 12.5. The van der Waals surface area contributed by atoms with Gasteiger partial charge < -0.3 is 19.7 Å². The molecule has 1 atom stereocenters. The molecule has 5 nitrogen and oxygen atoms in total. The molecule has 2 aromatic carbocycles. The van der Waals surface area contributed by atoms with E-state index in [1.165, 1.54) is 0 Å². The quantitative estimate of drug-likeness (QED) is 0.532. The minimum Gasteiger partial charge on any atom is -0.490 e. The Bertz CT molecular complexity index is 1000. The number of rotatable bonds is 8. The number of allylic oxidation sites excluding steroid dienone is 1. The lowest BCUT2D eigenvalue weighted by molar-refractivity contribution is -0.114. The number of ether oxygens (including phenoxy) is 2. The fourth-order valence-electron chi connectivity index (χ4n) is 3.70. The van der Waals surface area contributed by atoms with Gasteiger partial charge in [-0.25, -0.2) is 0 Å². The highest BCUT2D eigenvalue weighted by Crippen LogP contribution is 2.36. The minimum absolute atomic E-state index is 0.0111. The summed E-state index contributed by atoms with van der Waals surface area (Å²) in [6.45, 7) is 9.04. The van der Waals surface area contributed by atoms with Gasteiger partial charge in [0.1, 0.15) is 6.61 Å². The van der Waals surface area contributed by atoms with Gasteiger partial charge in [0.15, 0.2) is 22.4 Å². The summed E-state index contributed by atoms with van der Waals surface area (Å²) < 4.78 is 11.9. The summed E-state index contributed by atoms with van der Waals surface area (Å²) in [6, 6.07) is 12.9. The Morgan fingerprint density at radius 1 is 1.13 bits per heavy atom. The molecule has 7 heteroatoms. The van der Waals surface area contributed by atoms with Crippen molar-refractivity contribution in [2.75, 3.05) is 13.2 Å². The Kier molecular flexibility index (Phi) is 7.57. The number of Topliss-reactive ketones (excluding diaryl/α,β-unsaturated/α-hetero) is 1. The molecular weight excluding hydrogens is 432 g/mol. The summed E-state index contributed by atoms with van der Waals surface area (Å²) in [5.41, 5.74) is 3.48. The van der Waals surface area contributed by atoms with Gasteiger partial charge in [0.2, 0.25) is 0 Å². The van der Waals surface area contributed by atoms with E-state index in [0.29, 0.717) is 47.0 Å². The maximum atomic E-state index is 12.5. The van der Waals surface area contributed by atoms with Crippen molar-refractivity contribution in [1.29, 1.82) is 0 Å². The van der Waals surface area contributed by atoms with E-state index in [9.17, 15) is 4.79 Å². The summed E-state index contributed by atoms with van der Waals surface area (Å²) in [5.74, 6) is 1.27. The van der Waals surface area contributed by atoms with Gasteiger partial charge in [-0.15, -0.1) is 0 Å². The second-order valence-corrected chi connectivity index (χ2v) is 8.06. The molecule has 0 aromatic heterocycles. The first-order chi connectivity index (χ1) is 14.8. The topological polar surface area (TPSA) is 50.8 Å². The lowest BCUT2D eigenvalue weighted by atomic mass is 9.92. The number of nitrogens with one attached hydrogen (secondary N) is 1. The number of hydrogen-bond donors (Lipinski definition) is 1. The molecule has 0 aliphatic carbocycles. The predicted molar refractivity (Wildman–Crippen MR) is 128 cm³/mol. The molecule has 0 radical (unpaired) electrons. The lowest BCUT2D eigenvalue weighted by Gasteiger charge is -2.37. The molecule has 0 bridgehead atoms. The molecule has 1 unspecified atom stereocenters. The molecule has 0 fully saturated rings. The number of thiocarbonyl (C=S) groups is 1. The normalized spacial score (nSPS) is 16.2. The van der Waals surface area contributed by atoms with E-state index in [1.807, 2.05) is 68.1 Å². The van der Waals surface area contributed by atoms with E-state index in [0.717, 1.165) is 16.8 Å². The number of halogens is 1. The fraction of sp³-hybridized carbons (Fsp3) is 0.333. The average molecular weight is 459 g/mol. The molecule has 31 heavy (non-hydrogen) atoms. The summed E-state index contributed by atoms with van der Waals surface area (Å²) in [6.07, 6.45) is 0. The van der Waals surface area contributed by atoms with Gasteiger partial charge in [-0.2, -0.15) is 0 Å². The van der Waals surface area contributed by atoms with Gasteiger partial charge in [-0.1, -0.05) is 29.8 Å². The van der Waals surface area contributed by atoms with Crippen molar-refractivity contribution in [2.24, 2.45) is 0 Å². The largest absolute Gasteiger partial charge is 0.490 e. The van der Waals surface area contributed by atoms with Crippen LogP contribution in [-0.4, -0.2) is 28.9 Å². The predicted octanol–water partition coefficient (Wildman–Crippen LogP) is 5.43. The van der Waals surface area contributed by atoms with Crippen molar-refractivity contribution >= 4 is 34.7 Å². The molecule has 0 saturated carbocycles. The van der Waals surface area contributed by atoms with Crippen LogP contribution in [0.5, 0.6) is 11.5 Å². The highest BCUT2D eigenvalue weighted by molar-refractivity contribution is 7.80. The third kappa shape index (κ3) is 5.20. The third-order valence-corrected chi connectivity index (χ3v) is 5.79. The van der Waals surface area contributed by atoms with E-state index in [4.69, 9.17) is 33.3 Å². The van der Waals surface area contributed by atoms with Crippen LogP contribution < -0.4 is 14.8 Å². The second-order valence-electron chi connectivity index (χ2n) is 7.24. The van der Waals surface area contributed by atoms with Crippen LogP contribution in [0.4, 0.5) is 0 Å². The van der Waals surface area contributed by atoms with E-state index in [-0.39, 0.29) is 11.8 Å². The lowest BCUT2D eigenvalue weighted by Crippen LogP contribution is -2.47. The summed E-state index contributed by atoms with van der Waals surface area (Å²) in [4.78, 5) is 14.4. The second kappa shape index (κ2) is 10.2. The Morgan fingerprint density at radius 2 is 1.84 bits per heavy atom. The molecule has 0 spiro atoms. The van der Waals surface area contributed by atoms with Crippen LogP contribution >= 0.6 is 23.8 Å². The van der Waals surface area contributed by atoms with Gasteiger partial charge in [-0.3, -0.25) is 4.79 Å². The molecule has 1 heterocycles. The molecular formula is C24H27ClN2O3S. The molecule has 164 valence electrons. The Balaban J connectivity index is 1.92. The standard InChI is InChI=1S/C24H27ClN2O3S/c1-5-27-15(3)22(16(4)28)23(26-24(27)31)18-9-12-20(21(13-18)29-6-2)30-14-17-7-10-19(25)11-8-17/h7-13,23H,5-6,14H2,1-4H3,(H,26,31). The molecule has 1 N–H and O–H groups in total. The first-order valence-corrected chi connectivity index (χ1v) is 11.1. The van der Waals surface area contributed by atoms with Crippen molar-refractivity contribution in [1.82, 2.24) is 10.2 Å². The number of ketones is 1. The number of benzene rings is 2. The van der Waals surface area contributed by atoms with Crippen LogP contribution in [0.15, 0.2) is 53.7 Å². The van der Waals surface area contributed by atoms with Gasteiger partial charge in [0, 0.05) is 22.8 Å². The minimum atomic E-state index is -0.336. The number of nitrogens with zero attached hydrogens (tertiary/aromatic N) is 1. The Labute approximate surface area is 194 Å². The van der Waals surface area contributed by atoms with Crippen molar-refractivity contribution in [3.8, 4) is 11.5 Å². The molecule has 1 aliphatic heterocycles. The van der Waals surface area contributed by atoms with E-state index >= 15 is 0 Å². The summed E-state index contributed by atoms with van der Waals surface area (Å²) in [5, 5.41) is 4.61. The van der Waals surface area contributed by atoms with Crippen LogP contribution in [0.2, 0.25) is 5.02 Å². The molecule has 0 saturated heterocycles. The fourth-order valence-corrected chi connectivity index (χ4v) is 4.21. The van der Waals surface area contributed by atoms with E-state index in [1.54, 1.807) is 6.92 Å². The van der Waals surface area contributed by atoms with E-state index in [2.05, 4.69) is 5.32 Å². The smallest absolute Gasteiger partial charge is 0.173 e. The number of carbonyl (C=O) groups is 1. The van der Waals surface area contributed by atoms with Crippen molar-refractivity contribution < 1.29 is 14.3 Å².